The molecule has 1 rings (SSSR count). The number of hydrogen-bond acceptors (Lipinski definition) is 3. The van der Waals surface area contributed by atoms with Crippen molar-refractivity contribution in [2.45, 2.75) is 19.4 Å². The summed E-state index contributed by atoms with van der Waals surface area (Å²) in [6.45, 7) is 6.61. The van der Waals surface area contributed by atoms with Crippen LogP contribution in [0.5, 0.6) is 0 Å². The molecule has 0 saturated carbocycles. The first-order valence-electron chi connectivity index (χ1n) is 5.24. The highest BCUT2D eigenvalue weighted by atomic mass is 15.2. The molecule has 0 aromatic rings. The summed E-state index contributed by atoms with van der Waals surface area (Å²) in [5.41, 5.74) is 5.55. The maximum absolute atomic E-state index is 5.55. The van der Waals surface area contributed by atoms with E-state index in [9.17, 15) is 0 Å². The Labute approximate surface area is 81.9 Å². The minimum Gasteiger partial charge on any atom is -0.329 e. The van der Waals surface area contributed by atoms with Crippen LogP contribution in [0.2, 0.25) is 0 Å². The summed E-state index contributed by atoms with van der Waals surface area (Å²) in [4.78, 5) is 4.83. The molecule has 1 saturated heterocycles. The Balaban J connectivity index is 2.37. The first-order chi connectivity index (χ1) is 6.15. The summed E-state index contributed by atoms with van der Waals surface area (Å²) in [6, 6.07) is 0.758. The topological polar surface area (TPSA) is 32.5 Å². The molecule has 3 nitrogen and oxygen atoms in total. The van der Waals surface area contributed by atoms with Crippen LogP contribution in [0.15, 0.2) is 0 Å². The lowest BCUT2D eigenvalue weighted by Gasteiger charge is -2.39. The van der Waals surface area contributed by atoms with E-state index >= 15 is 0 Å². The second-order valence-electron chi connectivity index (χ2n) is 4.39. The van der Waals surface area contributed by atoms with Crippen LogP contribution in [0.1, 0.15) is 13.3 Å². The fourth-order valence-electron chi connectivity index (χ4n) is 2.37. The SMILES string of the molecule is CC1CN(CCN)CCC1N(C)C. The van der Waals surface area contributed by atoms with Gasteiger partial charge in [-0.3, -0.25) is 0 Å². The van der Waals surface area contributed by atoms with Gasteiger partial charge in [0.2, 0.25) is 0 Å². The zero-order valence-electron chi connectivity index (χ0n) is 9.16. The quantitative estimate of drug-likeness (QED) is 0.682. The third-order valence-corrected chi connectivity index (χ3v) is 3.05. The first kappa shape index (κ1) is 11.0. The number of nitrogens with zero attached hydrogens (tertiary/aromatic N) is 2. The van der Waals surface area contributed by atoms with E-state index in [1.165, 1.54) is 19.5 Å². The van der Waals surface area contributed by atoms with E-state index in [1.807, 2.05) is 0 Å². The molecule has 78 valence electrons. The number of hydrogen-bond donors (Lipinski definition) is 1. The Kier molecular flexibility index (Phi) is 4.16. The molecule has 0 aliphatic carbocycles. The predicted molar refractivity (Wildman–Crippen MR) is 56.8 cm³/mol. The number of likely N-dealkylation sites (tertiary alicyclic amines) is 1. The van der Waals surface area contributed by atoms with Gasteiger partial charge in [-0.15, -0.1) is 0 Å². The van der Waals surface area contributed by atoms with Gasteiger partial charge in [-0.1, -0.05) is 6.92 Å². The van der Waals surface area contributed by atoms with Gasteiger partial charge < -0.3 is 15.5 Å². The molecule has 2 unspecified atom stereocenters. The van der Waals surface area contributed by atoms with Crippen LogP contribution in [0.4, 0.5) is 0 Å². The summed E-state index contributed by atoms with van der Waals surface area (Å²) in [5, 5.41) is 0. The van der Waals surface area contributed by atoms with Crippen molar-refractivity contribution >= 4 is 0 Å². The Hall–Kier alpha value is -0.120. The first-order valence-corrected chi connectivity index (χ1v) is 5.24. The van der Waals surface area contributed by atoms with Crippen molar-refractivity contribution in [1.82, 2.24) is 9.80 Å². The van der Waals surface area contributed by atoms with Gasteiger partial charge in [0.25, 0.3) is 0 Å². The van der Waals surface area contributed by atoms with Crippen LogP contribution in [0.3, 0.4) is 0 Å². The Morgan fingerprint density at radius 2 is 2.15 bits per heavy atom. The van der Waals surface area contributed by atoms with Gasteiger partial charge in [0.1, 0.15) is 0 Å². The summed E-state index contributed by atoms with van der Waals surface area (Å²) in [5.74, 6) is 0.773. The van der Waals surface area contributed by atoms with Crippen molar-refractivity contribution in [3.8, 4) is 0 Å². The largest absolute Gasteiger partial charge is 0.329 e. The second-order valence-corrected chi connectivity index (χ2v) is 4.39. The average molecular weight is 185 g/mol. The highest BCUT2D eigenvalue weighted by Crippen LogP contribution is 2.19. The summed E-state index contributed by atoms with van der Waals surface area (Å²) >= 11 is 0. The maximum atomic E-state index is 5.55. The van der Waals surface area contributed by atoms with Crippen LogP contribution >= 0.6 is 0 Å². The average Bonchev–Trinajstić information content (AvgIpc) is 2.04. The van der Waals surface area contributed by atoms with E-state index in [4.69, 9.17) is 5.73 Å². The molecule has 1 heterocycles. The zero-order chi connectivity index (χ0) is 9.84. The van der Waals surface area contributed by atoms with Gasteiger partial charge in [0, 0.05) is 25.7 Å². The molecule has 1 fully saturated rings. The van der Waals surface area contributed by atoms with Crippen molar-refractivity contribution in [3.63, 3.8) is 0 Å². The molecule has 0 aromatic carbocycles. The molecule has 0 radical (unpaired) electrons. The van der Waals surface area contributed by atoms with Crippen LogP contribution < -0.4 is 5.73 Å². The van der Waals surface area contributed by atoms with Crippen molar-refractivity contribution in [3.05, 3.63) is 0 Å². The fourth-order valence-corrected chi connectivity index (χ4v) is 2.37. The van der Waals surface area contributed by atoms with E-state index in [0.717, 1.165) is 25.0 Å². The molecule has 0 bridgehead atoms. The fraction of sp³-hybridized carbons (Fsp3) is 1.00. The molecular formula is C10H23N3. The van der Waals surface area contributed by atoms with Crippen molar-refractivity contribution in [2.24, 2.45) is 11.7 Å². The monoisotopic (exact) mass is 185 g/mol. The molecule has 13 heavy (non-hydrogen) atoms. The van der Waals surface area contributed by atoms with Gasteiger partial charge >= 0.3 is 0 Å². The number of rotatable bonds is 3. The molecule has 2 atom stereocenters. The lowest BCUT2D eigenvalue weighted by Crippen LogP contribution is -2.48. The third-order valence-electron chi connectivity index (χ3n) is 3.05. The highest BCUT2D eigenvalue weighted by Gasteiger charge is 2.26. The van der Waals surface area contributed by atoms with Crippen LogP contribution in [0.25, 0.3) is 0 Å². The molecule has 3 heteroatoms. The van der Waals surface area contributed by atoms with Crippen molar-refractivity contribution in [1.29, 1.82) is 0 Å². The van der Waals surface area contributed by atoms with Gasteiger partial charge in [-0.25, -0.2) is 0 Å². The zero-order valence-corrected chi connectivity index (χ0v) is 9.16. The van der Waals surface area contributed by atoms with Crippen LogP contribution in [-0.4, -0.2) is 56.1 Å². The number of piperidine rings is 1. The molecule has 0 amide bonds. The minimum absolute atomic E-state index is 0.758. The standard InChI is InChI=1S/C10H23N3/c1-9-8-13(7-5-11)6-4-10(9)12(2)3/h9-10H,4-8,11H2,1-3H3. The highest BCUT2D eigenvalue weighted by molar-refractivity contribution is 4.82. The smallest absolute Gasteiger partial charge is 0.0139 e. The normalized spacial score (nSPS) is 31.2. The summed E-state index contributed by atoms with van der Waals surface area (Å²) < 4.78 is 0. The summed E-state index contributed by atoms with van der Waals surface area (Å²) in [6.07, 6.45) is 1.29. The van der Waals surface area contributed by atoms with Gasteiger partial charge in [-0.2, -0.15) is 0 Å². The van der Waals surface area contributed by atoms with Crippen LogP contribution in [0, 0.1) is 5.92 Å². The van der Waals surface area contributed by atoms with E-state index in [-0.39, 0.29) is 0 Å². The van der Waals surface area contributed by atoms with Crippen molar-refractivity contribution in [2.75, 3.05) is 40.3 Å². The van der Waals surface area contributed by atoms with Gasteiger partial charge in [0.05, 0.1) is 0 Å². The van der Waals surface area contributed by atoms with E-state index in [2.05, 4.69) is 30.8 Å². The van der Waals surface area contributed by atoms with Gasteiger partial charge in [0.15, 0.2) is 0 Å². The number of nitrogens with two attached hydrogens (primary N) is 1. The molecule has 1 aliphatic rings. The van der Waals surface area contributed by atoms with Crippen LogP contribution in [-0.2, 0) is 0 Å². The minimum atomic E-state index is 0.758. The van der Waals surface area contributed by atoms with E-state index in [0.29, 0.717) is 0 Å². The Morgan fingerprint density at radius 3 is 2.62 bits per heavy atom. The summed E-state index contributed by atoms with van der Waals surface area (Å²) in [7, 11) is 4.36. The third kappa shape index (κ3) is 2.93. The molecular weight excluding hydrogens is 162 g/mol. The molecule has 0 aromatic heterocycles. The van der Waals surface area contributed by atoms with Crippen molar-refractivity contribution < 1.29 is 0 Å². The van der Waals surface area contributed by atoms with E-state index in [1.54, 1.807) is 0 Å². The molecule has 2 N–H and O–H groups in total. The molecule has 0 spiro atoms. The second kappa shape index (κ2) is 4.94. The lowest BCUT2D eigenvalue weighted by molar-refractivity contribution is 0.0964. The van der Waals surface area contributed by atoms with E-state index < -0.39 is 0 Å². The Morgan fingerprint density at radius 1 is 1.46 bits per heavy atom. The molecule has 1 aliphatic heterocycles. The predicted octanol–water partition coefficient (Wildman–Crippen LogP) is 0.217. The Bertz CT molecular complexity index is 147. The van der Waals surface area contributed by atoms with Gasteiger partial charge in [-0.05, 0) is 33.0 Å². The maximum Gasteiger partial charge on any atom is 0.0139 e. The lowest BCUT2D eigenvalue weighted by atomic mass is 9.93.